The summed E-state index contributed by atoms with van der Waals surface area (Å²) >= 11 is 0. The van der Waals surface area contributed by atoms with Crippen LogP contribution in [0.15, 0.2) is 22.8 Å². The standard InChI is InChI=1S/C16H29NO3/c1-13(2)8-17(10-16-6-5-7-20-16)9-15(18)12-19-11-14(3)4/h5-7,13-15,18H,8-12H2,1-4H3/t15-/m0/s1. The Morgan fingerprint density at radius 1 is 1.15 bits per heavy atom. The number of aliphatic hydroxyl groups is 1. The molecule has 0 aliphatic rings. The molecule has 0 fully saturated rings. The Morgan fingerprint density at radius 3 is 2.45 bits per heavy atom. The number of furan rings is 1. The fraction of sp³-hybridized carbons (Fsp3) is 0.750. The SMILES string of the molecule is CC(C)COC[C@@H](O)CN(Cc1ccco1)CC(C)C. The zero-order chi connectivity index (χ0) is 15.0. The van der Waals surface area contributed by atoms with Gasteiger partial charge in [0, 0.05) is 19.7 Å². The van der Waals surface area contributed by atoms with E-state index in [1.54, 1.807) is 6.26 Å². The maximum atomic E-state index is 10.1. The molecule has 0 saturated heterocycles. The van der Waals surface area contributed by atoms with Crippen molar-refractivity contribution in [1.29, 1.82) is 0 Å². The van der Waals surface area contributed by atoms with E-state index in [2.05, 4.69) is 32.6 Å². The van der Waals surface area contributed by atoms with Gasteiger partial charge in [0.05, 0.1) is 25.5 Å². The molecular formula is C16H29NO3. The van der Waals surface area contributed by atoms with Crippen molar-refractivity contribution in [2.45, 2.75) is 40.3 Å². The van der Waals surface area contributed by atoms with Crippen LogP contribution < -0.4 is 0 Å². The van der Waals surface area contributed by atoms with Crippen LogP contribution in [0, 0.1) is 11.8 Å². The van der Waals surface area contributed by atoms with Crippen LogP contribution in [0.2, 0.25) is 0 Å². The molecule has 1 aromatic rings. The van der Waals surface area contributed by atoms with Gasteiger partial charge in [0.15, 0.2) is 0 Å². The topological polar surface area (TPSA) is 45.8 Å². The van der Waals surface area contributed by atoms with E-state index in [1.807, 2.05) is 12.1 Å². The van der Waals surface area contributed by atoms with Crippen molar-refractivity contribution in [3.63, 3.8) is 0 Å². The van der Waals surface area contributed by atoms with Crippen LogP contribution in [-0.2, 0) is 11.3 Å². The van der Waals surface area contributed by atoms with Gasteiger partial charge >= 0.3 is 0 Å². The number of hydrogen-bond acceptors (Lipinski definition) is 4. The summed E-state index contributed by atoms with van der Waals surface area (Å²) in [6.45, 7) is 11.9. The van der Waals surface area contributed by atoms with Crippen LogP contribution in [0.5, 0.6) is 0 Å². The van der Waals surface area contributed by atoms with Gasteiger partial charge in [0.2, 0.25) is 0 Å². The van der Waals surface area contributed by atoms with Gasteiger partial charge in [0.1, 0.15) is 5.76 Å². The molecule has 1 atom stereocenters. The van der Waals surface area contributed by atoms with E-state index in [0.717, 1.165) is 18.8 Å². The minimum atomic E-state index is -0.456. The lowest BCUT2D eigenvalue weighted by Gasteiger charge is -2.26. The molecule has 116 valence electrons. The van der Waals surface area contributed by atoms with E-state index < -0.39 is 6.10 Å². The first-order chi connectivity index (χ1) is 9.47. The Labute approximate surface area is 122 Å². The lowest BCUT2D eigenvalue weighted by Crippen LogP contribution is -2.36. The van der Waals surface area contributed by atoms with Crippen LogP contribution in [0.25, 0.3) is 0 Å². The van der Waals surface area contributed by atoms with E-state index in [0.29, 0.717) is 31.6 Å². The highest BCUT2D eigenvalue weighted by Gasteiger charge is 2.15. The van der Waals surface area contributed by atoms with Gasteiger partial charge in [-0.1, -0.05) is 27.7 Å². The van der Waals surface area contributed by atoms with E-state index in [4.69, 9.17) is 9.15 Å². The quantitative estimate of drug-likeness (QED) is 0.717. The molecule has 20 heavy (non-hydrogen) atoms. The third-order valence-electron chi connectivity index (χ3n) is 2.81. The number of nitrogens with zero attached hydrogens (tertiary/aromatic N) is 1. The van der Waals surface area contributed by atoms with Crippen molar-refractivity contribution in [3.8, 4) is 0 Å². The van der Waals surface area contributed by atoms with Crippen LogP contribution in [-0.4, -0.2) is 42.4 Å². The zero-order valence-corrected chi connectivity index (χ0v) is 13.2. The van der Waals surface area contributed by atoms with Crippen molar-refractivity contribution < 1.29 is 14.3 Å². The van der Waals surface area contributed by atoms with Crippen LogP contribution >= 0.6 is 0 Å². The normalized spacial score (nSPS) is 13.6. The number of ether oxygens (including phenoxy) is 1. The second-order valence-corrected chi connectivity index (χ2v) is 6.25. The second-order valence-electron chi connectivity index (χ2n) is 6.25. The first-order valence-electron chi connectivity index (χ1n) is 7.48. The monoisotopic (exact) mass is 283 g/mol. The third kappa shape index (κ3) is 7.68. The van der Waals surface area contributed by atoms with Gasteiger partial charge in [-0.2, -0.15) is 0 Å². The predicted molar refractivity (Wildman–Crippen MR) is 80.5 cm³/mol. The Balaban J connectivity index is 2.38. The zero-order valence-electron chi connectivity index (χ0n) is 13.2. The molecule has 4 heteroatoms. The van der Waals surface area contributed by atoms with Crippen molar-refractivity contribution in [3.05, 3.63) is 24.2 Å². The Bertz CT molecular complexity index is 336. The molecular weight excluding hydrogens is 254 g/mol. The Hall–Kier alpha value is -0.840. The molecule has 0 unspecified atom stereocenters. The minimum Gasteiger partial charge on any atom is -0.468 e. The lowest BCUT2D eigenvalue weighted by molar-refractivity contribution is 0.00428. The first-order valence-corrected chi connectivity index (χ1v) is 7.48. The molecule has 0 spiro atoms. The smallest absolute Gasteiger partial charge is 0.117 e. The maximum absolute atomic E-state index is 10.1. The van der Waals surface area contributed by atoms with Gasteiger partial charge in [-0.15, -0.1) is 0 Å². The summed E-state index contributed by atoms with van der Waals surface area (Å²) in [6.07, 6.45) is 1.23. The fourth-order valence-corrected chi connectivity index (χ4v) is 2.13. The predicted octanol–water partition coefficient (Wildman–Crippen LogP) is 2.77. The third-order valence-corrected chi connectivity index (χ3v) is 2.81. The minimum absolute atomic E-state index is 0.394. The Morgan fingerprint density at radius 2 is 1.90 bits per heavy atom. The van der Waals surface area contributed by atoms with Gasteiger partial charge in [-0.25, -0.2) is 0 Å². The molecule has 1 aromatic heterocycles. The molecule has 0 aliphatic carbocycles. The van der Waals surface area contributed by atoms with Crippen LogP contribution in [0.4, 0.5) is 0 Å². The average Bonchev–Trinajstić information content (AvgIpc) is 2.80. The summed E-state index contributed by atoms with van der Waals surface area (Å²) in [5.41, 5.74) is 0. The van der Waals surface area contributed by atoms with Crippen LogP contribution in [0.1, 0.15) is 33.5 Å². The molecule has 0 amide bonds. The highest BCUT2D eigenvalue weighted by molar-refractivity contribution is 4.98. The maximum Gasteiger partial charge on any atom is 0.117 e. The van der Waals surface area contributed by atoms with E-state index in [-0.39, 0.29) is 0 Å². The highest BCUT2D eigenvalue weighted by Crippen LogP contribution is 2.09. The largest absolute Gasteiger partial charge is 0.468 e. The molecule has 0 radical (unpaired) electrons. The highest BCUT2D eigenvalue weighted by atomic mass is 16.5. The molecule has 4 nitrogen and oxygen atoms in total. The fourth-order valence-electron chi connectivity index (χ4n) is 2.13. The van der Waals surface area contributed by atoms with E-state index in [1.165, 1.54) is 0 Å². The lowest BCUT2D eigenvalue weighted by atomic mass is 10.2. The summed E-state index contributed by atoms with van der Waals surface area (Å²) in [6, 6.07) is 3.86. The molecule has 0 aliphatic heterocycles. The second kappa shape index (κ2) is 9.16. The first kappa shape index (κ1) is 17.2. The van der Waals surface area contributed by atoms with Gasteiger partial charge in [-0.05, 0) is 24.0 Å². The van der Waals surface area contributed by atoms with Crippen molar-refractivity contribution in [2.75, 3.05) is 26.3 Å². The number of rotatable bonds is 10. The van der Waals surface area contributed by atoms with Gasteiger partial charge in [-0.3, -0.25) is 4.90 Å². The van der Waals surface area contributed by atoms with Crippen molar-refractivity contribution >= 4 is 0 Å². The van der Waals surface area contributed by atoms with E-state index in [9.17, 15) is 5.11 Å². The molecule has 0 bridgehead atoms. The number of aliphatic hydroxyl groups excluding tert-OH is 1. The van der Waals surface area contributed by atoms with Crippen molar-refractivity contribution in [2.24, 2.45) is 11.8 Å². The summed E-state index contributed by atoms with van der Waals surface area (Å²) in [4.78, 5) is 2.22. The Kier molecular flexibility index (Phi) is 7.88. The van der Waals surface area contributed by atoms with Gasteiger partial charge < -0.3 is 14.3 Å². The van der Waals surface area contributed by atoms with Gasteiger partial charge in [0.25, 0.3) is 0 Å². The van der Waals surface area contributed by atoms with Crippen LogP contribution in [0.3, 0.4) is 0 Å². The summed E-state index contributed by atoms with van der Waals surface area (Å²) in [7, 11) is 0. The molecule has 0 aromatic carbocycles. The molecule has 1 N–H and O–H groups in total. The summed E-state index contributed by atoms with van der Waals surface area (Å²) in [5, 5.41) is 10.1. The molecule has 1 rings (SSSR count). The summed E-state index contributed by atoms with van der Waals surface area (Å²) < 4.78 is 10.9. The molecule has 1 heterocycles. The van der Waals surface area contributed by atoms with E-state index >= 15 is 0 Å². The molecule has 0 saturated carbocycles. The average molecular weight is 283 g/mol. The van der Waals surface area contributed by atoms with Crippen molar-refractivity contribution in [1.82, 2.24) is 4.90 Å². The summed E-state index contributed by atoms with van der Waals surface area (Å²) in [5.74, 6) is 1.98. The number of hydrogen-bond donors (Lipinski definition) is 1.